The van der Waals surface area contributed by atoms with Gasteiger partial charge in [-0.2, -0.15) is 18.4 Å². The molecule has 0 saturated heterocycles. The standard InChI is InChI=1S/C20H13F3N2O2S2/c1-27-13-6-4-12(5-7-13)17(26)11-29-19-14(10-24)15(20(21,22)23)9-16(25-19)18-3-2-8-28-18/h2-9H,11H2,1H3. The molecule has 0 fully saturated rings. The van der Waals surface area contributed by atoms with Gasteiger partial charge in [0.2, 0.25) is 0 Å². The molecule has 0 aliphatic rings. The number of hydrogen-bond acceptors (Lipinski definition) is 6. The van der Waals surface area contributed by atoms with Crippen LogP contribution in [0.15, 0.2) is 52.9 Å². The summed E-state index contributed by atoms with van der Waals surface area (Å²) >= 11 is 2.06. The van der Waals surface area contributed by atoms with E-state index in [0.717, 1.165) is 17.8 Å². The van der Waals surface area contributed by atoms with Crippen LogP contribution in [0.4, 0.5) is 13.2 Å². The number of aromatic nitrogens is 1. The van der Waals surface area contributed by atoms with Gasteiger partial charge in [0.05, 0.1) is 34.6 Å². The SMILES string of the molecule is COc1ccc(C(=O)CSc2nc(-c3cccs3)cc(C(F)(F)F)c2C#N)cc1. The zero-order valence-corrected chi connectivity index (χ0v) is 16.6. The van der Waals surface area contributed by atoms with Gasteiger partial charge in [-0.15, -0.1) is 11.3 Å². The summed E-state index contributed by atoms with van der Waals surface area (Å²) in [4.78, 5) is 17.2. The third kappa shape index (κ3) is 4.78. The third-order valence-corrected chi connectivity index (χ3v) is 5.80. The Kier molecular flexibility index (Phi) is 6.25. The number of alkyl halides is 3. The fraction of sp³-hybridized carbons (Fsp3) is 0.150. The fourth-order valence-corrected chi connectivity index (χ4v) is 4.09. The number of halogens is 3. The molecular weight excluding hydrogens is 421 g/mol. The first-order valence-electron chi connectivity index (χ1n) is 8.19. The van der Waals surface area contributed by atoms with E-state index in [0.29, 0.717) is 16.2 Å². The summed E-state index contributed by atoms with van der Waals surface area (Å²) in [6.07, 6.45) is -4.71. The van der Waals surface area contributed by atoms with Crippen LogP contribution in [-0.2, 0) is 6.18 Å². The quantitative estimate of drug-likeness (QED) is 0.369. The molecule has 0 N–H and O–H groups in total. The van der Waals surface area contributed by atoms with Crippen LogP contribution in [0.1, 0.15) is 21.5 Å². The molecule has 1 aromatic carbocycles. The van der Waals surface area contributed by atoms with Gasteiger partial charge in [0, 0.05) is 5.56 Å². The van der Waals surface area contributed by atoms with Gasteiger partial charge in [-0.05, 0) is 41.8 Å². The highest BCUT2D eigenvalue weighted by Gasteiger charge is 2.36. The molecule has 0 aliphatic heterocycles. The van der Waals surface area contributed by atoms with E-state index in [4.69, 9.17) is 4.74 Å². The summed E-state index contributed by atoms with van der Waals surface area (Å²) in [6, 6.07) is 12.2. The molecule has 2 aromatic heterocycles. The number of pyridine rings is 1. The van der Waals surface area contributed by atoms with Crippen molar-refractivity contribution in [3.63, 3.8) is 0 Å². The molecule has 0 bridgehead atoms. The van der Waals surface area contributed by atoms with Crippen molar-refractivity contribution in [2.24, 2.45) is 0 Å². The number of carbonyl (C=O) groups excluding carboxylic acids is 1. The molecule has 0 amide bonds. The number of thiophene rings is 1. The monoisotopic (exact) mass is 434 g/mol. The Morgan fingerprint density at radius 3 is 2.55 bits per heavy atom. The maximum absolute atomic E-state index is 13.5. The number of ether oxygens (including phenoxy) is 1. The molecule has 29 heavy (non-hydrogen) atoms. The van der Waals surface area contributed by atoms with Crippen LogP contribution >= 0.6 is 23.1 Å². The molecule has 0 saturated carbocycles. The second-order valence-corrected chi connectivity index (χ2v) is 7.67. The first kappa shape index (κ1) is 20.9. The van der Waals surface area contributed by atoms with Gasteiger partial charge >= 0.3 is 6.18 Å². The average Bonchev–Trinajstić information content (AvgIpc) is 3.25. The van der Waals surface area contributed by atoms with E-state index in [1.807, 2.05) is 0 Å². The Morgan fingerprint density at radius 2 is 2.00 bits per heavy atom. The summed E-state index contributed by atoms with van der Waals surface area (Å²) in [5.41, 5.74) is -1.13. The predicted molar refractivity (Wildman–Crippen MR) is 105 cm³/mol. The maximum Gasteiger partial charge on any atom is 0.417 e. The number of ketones is 1. The van der Waals surface area contributed by atoms with Crippen molar-refractivity contribution in [2.45, 2.75) is 11.2 Å². The van der Waals surface area contributed by atoms with Crippen LogP contribution < -0.4 is 4.74 Å². The average molecular weight is 434 g/mol. The van der Waals surface area contributed by atoms with Crippen molar-refractivity contribution < 1.29 is 22.7 Å². The Hall–Kier alpha value is -2.83. The zero-order valence-electron chi connectivity index (χ0n) is 15.0. The molecule has 2 heterocycles. The zero-order chi connectivity index (χ0) is 21.0. The minimum Gasteiger partial charge on any atom is -0.497 e. The van der Waals surface area contributed by atoms with E-state index >= 15 is 0 Å². The lowest BCUT2D eigenvalue weighted by Gasteiger charge is -2.13. The van der Waals surface area contributed by atoms with Gasteiger partial charge in [0.25, 0.3) is 0 Å². The summed E-state index contributed by atoms with van der Waals surface area (Å²) < 4.78 is 45.6. The summed E-state index contributed by atoms with van der Waals surface area (Å²) in [7, 11) is 1.50. The molecule has 3 rings (SSSR count). The first-order chi connectivity index (χ1) is 13.8. The molecule has 0 spiro atoms. The highest BCUT2D eigenvalue weighted by atomic mass is 32.2. The van der Waals surface area contributed by atoms with E-state index in [-0.39, 0.29) is 22.3 Å². The van der Waals surface area contributed by atoms with Gasteiger partial charge < -0.3 is 4.74 Å². The Labute approximate surface area is 173 Å². The molecular formula is C20H13F3N2O2S2. The summed E-state index contributed by atoms with van der Waals surface area (Å²) in [5, 5.41) is 10.9. The van der Waals surface area contributed by atoms with Gasteiger partial charge in [0.15, 0.2) is 5.78 Å². The van der Waals surface area contributed by atoms with Gasteiger partial charge in [-0.25, -0.2) is 4.98 Å². The van der Waals surface area contributed by atoms with Crippen molar-refractivity contribution in [3.8, 4) is 22.4 Å². The number of benzene rings is 1. The Balaban J connectivity index is 1.93. The maximum atomic E-state index is 13.5. The summed E-state index contributed by atoms with van der Waals surface area (Å²) in [6.45, 7) is 0. The lowest BCUT2D eigenvalue weighted by Crippen LogP contribution is -2.11. The van der Waals surface area contributed by atoms with Gasteiger partial charge in [-0.1, -0.05) is 17.8 Å². The first-order valence-corrected chi connectivity index (χ1v) is 10.1. The molecule has 0 atom stereocenters. The number of nitriles is 1. The number of nitrogens with zero attached hydrogens (tertiary/aromatic N) is 2. The van der Waals surface area contributed by atoms with Crippen LogP contribution in [0.5, 0.6) is 5.75 Å². The van der Waals surface area contributed by atoms with E-state index in [2.05, 4.69) is 4.98 Å². The summed E-state index contributed by atoms with van der Waals surface area (Å²) in [5.74, 6) is 0.138. The van der Waals surface area contributed by atoms with Crippen molar-refractivity contribution in [3.05, 3.63) is 64.5 Å². The van der Waals surface area contributed by atoms with Crippen molar-refractivity contribution in [1.29, 1.82) is 5.26 Å². The number of Topliss-reactive ketones (excluding diaryl/α,β-unsaturated/α-hetero) is 1. The predicted octanol–water partition coefficient (Wildman–Crippen LogP) is 5.68. The highest BCUT2D eigenvalue weighted by molar-refractivity contribution is 8.00. The lowest BCUT2D eigenvalue weighted by molar-refractivity contribution is -0.138. The number of rotatable bonds is 6. The minimum absolute atomic E-state index is 0.116. The molecule has 9 heteroatoms. The molecule has 0 radical (unpaired) electrons. The van der Waals surface area contributed by atoms with Crippen LogP contribution in [0.3, 0.4) is 0 Å². The number of methoxy groups -OCH3 is 1. The van der Waals surface area contributed by atoms with Crippen LogP contribution in [0.25, 0.3) is 10.6 Å². The Bertz CT molecular complexity index is 1060. The third-order valence-electron chi connectivity index (χ3n) is 3.93. The number of carbonyl (C=O) groups is 1. The van der Waals surface area contributed by atoms with Crippen molar-refractivity contribution >= 4 is 28.9 Å². The van der Waals surface area contributed by atoms with E-state index in [1.54, 1.807) is 47.8 Å². The molecule has 0 unspecified atom stereocenters. The molecule has 3 aromatic rings. The van der Waals surface area contributed by atoms with Crippen LogP contribution in [-0.4, -0.2) is 23.6 Å². The fourth-order valence-electron chi connectivity index (χ4n) is 2.50. The molecule has 0 aliphatic carbocycles. The van der Waals surface area contributed by atoms with Gasteiger partial charge in [-0.3, -0.25) is 4.79 Å². The Morgan fingerprint density at radius 1 is 1.28 bits per heavy atom. The topological polar surface area (TPSA) is 63.0 Å². The largest absolute Gasteiger partial charge is 0.497 e. The second kappa shape index (κ2) is 8.68. The molecule has 4 nitrogen and oxygen atoms in total. The van der Waals surface area contributed by atoms with E-state index in [1.165, 1.54) is 18.4 Å². The smallest absolute Gasteiger partial charge is 0.417 e. The van der Waals surface area contributed by atoms with Crippen molar-refractivity contribution in [2.75, 3.05) is 12.9 Å². The van der Waals surface area contributed by atoms with Gasteiger partial charge in [0.1, 0.15) is 16.8 Å². The number of hydrogen-bond donors (Lipinski definition) is 0. The van der Waals surface area contributed by atoms with Crippen LogP contribution in [0.2, 0.25) is 0 Å². The lowest BCUT2D eigenvalue weighted by atomic mass is 10.1. The second-order valence-electron chi connectivity index (χ2n) is 5.76. The van der Waals surface area contributed by atoms with E-state index < -0.39 is 17.3 Å². The van der Waals surface area contributed by atoms with E-state index in [9.17, 15) is 23.2 Å². The van der Waals surface area contributed by atoms with Crippen LogP contribution in [0, 0.1) is 11.3 Å². The minimum atomic E-state index is -4.71. The number of thioether (sulfide) groups is 1. The van der Waals surface area contributed by atoms with Crippen molar-refractivity contribution in [1.82, 2.24) is 4.98 Å². The highest BCUT2D eigenvalue weighted by Crippen LogP contribution is 2.38. The normalized spacial score (nSPS) is 11.1. The molecule has 148 valence electrons.